The molecular weight excluding hydrogens is 418 g/mol. The number of hydrogen-bond donors (Lipinski definition) is 2. The fourth-order valence-electron chi connectivity index (χ4n) is 4.60. The lowest BCUT2D eigenvalue weighted by atomic mass is 9.93. The van der Waals surface area contributed by atoms with Gasteiger partial charge in [0.05, 0.1) is 12.1 Å². The molecule has 1 fully saturated rings. The van der Waals surface area contributed by atoms with Crippen molar-refractivity contribution in [2.75, 3.05) is 0 Å². The average Bonchev–Trinajstić information content (AvgIpc) is 3.54. The maximum atomic E-state index is 13.0. The molecule has 1 aliphatic carbocycles. The van der Waals surface area contributed by atoms with E-state index in [1.807, 2.05) is 18.2 Å². The Hall–Kier alpha value is -3.10. The second kappa shape index (κ2) is 7.79. The monoisotopic (exact) mass is 440 g/mol. The second-order valence-corrected chi connectivity index (χ2v) is 8.39. The topological polar surface area (TPSA) is 80.6 Å². The van der Waals surface area contributed by atoms with Crippen molar-refractivity contribution >= 4 is 16.9 Å². The molecule has 2 N–H and O–H groups in total. The van der Waals surface area contributed by atoms with E-state index in [1.54, 1.807) is 16.7 Å². The zero-order valence-corrected chi connectivity index (χ0v) is 17.4. The fraction of sp³-hybridized carbons (Fsp3) is 0.333. The van der Waals surface area contributed by atoms with Crippen molar-refractivity contribution in [1.29, 1.82) is 0 Å². The number of pyridine rings is 1. The van der Waals surface area contributed by atoms with Crippen molar-refractivity contribution in [3.63, 3.8) is 0 Å². The highest BCUT2D eigenvalue weighted by Crippen LogP contribution is 2.40. The largest absolute Gasteiger partial charge is 0.477 e. The molecule has 0 bridgehead atoms. The molecule has 6 nitrogen and oxygen atoms in total. The van der Waals surface area contributed by atoms with E-state index in [1.165, 1.54) is 11.8 Å². The normalized spacial score (nSPS) is 17.8. The first-order chi connectivity index (χ1) is 15.3. The molecule has 2 aromatic carbocycles. The molecule has 1 atom stereocenters. The van der Waals surface area contributed by atoms with E-state index < -0.39 is 24.6 Å². The van der Waals surface area contributed by atoms with Gasteiger partial charge in [-0.2, -0.15) is 8.78 Å². The van der Waals surface area contributed by atoms with E-state index >= 15 is 0 Å². The Morgan fingerprint density at radius 3 is 2.75 bits per heavy atom. The molecule has 166 valence electrons. The lowest BCUT2D eigenvalue weighted by Gasteiger charge is -2.19. The summed E-state index contributed by atoms with van der Waals surface area (Å²) in [4.78, 5) is 24.5. The Morgan fingerprint density at radius 1 is 1.28 bits per heavy atom. The Bertz CT molecular complexity index is 1300. The summed E-state index contributed by atoms with van der Waals surface area (Å²) in [5, 5.41) is 13.1. The van der Waals surface area contributed by atoms with Crippen LogP contribution in [0, 0.1) is 0 Å². The molecule has 3 aromatic rings. The third kappa shape index (κ3) is 3.49. The van der Waals surface area contributed by atoms with Crippen LogP contribution in [0.1, 0.15) is 58.9 Å². The molecule has 2 aliphatic rings. The number of nitrogens with zero attached hydrogens (tertiary/aromatic N) is 1. The van der Waals surface area contributed by atoms with Gasteiger partial charge in [-0.05, 0) is 54.2 Å². The van der Waals surface area contributed by atoms with Crippen LogP contribution in [0.2, 0.25) is 0 Å². The molecule has 0 saturated heterocycles. The number of aromatic nitrogens is 1. The summed E-state index contributed by atoms with van der Waals surface area (Å²) >= 11 is 0. The predicted octanol–water partition coefficient (Wildman–Crippen LogP) is 4.61. The molecule has 1 aromatic heterocycles. The number of fused-ring (bicyclic) bond motifs is 2. The molecule has 0 spiro atoms. The van der Waals surface area contributed by atoms with Gasteiger partial charge in [0.1, 0.15) is 5.56 Å². The minimum Gasteiger partial charge on any atom is -0.477 e. The summed E-state index contributed by atoms with van der Waals surface area (Å²) in [6.07, 6.45) is 3.01. The van der Waals surface area contributed by atoms with E-state index in [2.05, 4.69) is 12.2 Å². The van der Waals surface area contributed by atoms with Crippen molar-refractivity contribution in [2.24, 2.45) is 0 Å². The van der Waals surface area contributed by atoms with E-state index in [4.69, 9.17) is 4.74 Å². The zero-order chi connectivity index (χ0) is 22.6. The SMILES string of the molecule is C[C@H]1NCc2cc(-c3ccc4c(=O)c(C(=O)O)cn(C5CC5)c4c3COC(F)F)ccc21. The first-order valence-corrected chi connectivity index (χ1v) is 10.6. The van der Waals surface area contributed by atoms with Gasteiger partial charge in [0, 0.05) is 35.8 Å². The lowest BCUT2D eigenvalue weighted by Crippen LogP contribution is -2.20. The third-order valence-electron chi connectivity index (χ3n) is 6.34. The third-order valence-corrected chi connectivity index (χ3v) is 6.34. The van der Waals surface area contributed by atoms with Crippen molar-refractivity contribution in [2.45, 2.75) is 51.6 Å². The average molecular weight is 440 g/mol. The van der Waals surface area contributed by atoms with Gasteiger partial charge in [-0.25, -0.2) is 4.79 Å². The Balaban J connectivity index is 1.78. The van der Waals surface area contributed by atoms with Crippen molar-refractivity contribution in [1.82, 2.24) is 9.88 Å². The number of halogens is 2. The van der Waals surface area contributed by atoms with E-state index in [9.17, 15) is 23.5 Å². The smallest absolute Gasteiger partial charge is 0.345 e. The second-order valence-electron chi connectivity index (χ2n) is 8.39. The van der Waals surface area contributed by atoms with Crippen LogP contribution < -0.4 is 10.7 Å². The molecule has 32 heavy (non-hydrogen) atoms. The van der Waals surface area contributed by atoms with Gasteiger partial charge >= 0.3 is 12.6 Å². The number of hydrogen-bond acceptors (Lipinski definition) is 4. The summed E-state index contributed by atoms with van der Waals surface area (Å²) in [5.74, 6) is -1.30. The Morgan fingerprint density at radius 2 is 2.06 bits per heavy atom. The number of carboxylic acids is 1. The van der Waals surface area contributed by atoms with Gasteiger partial charge in [0.2, 0.25) is 5.43 Å². The summed E-state index contributed by atoms with van der Waals surface area (Å²) in [7, 11) is 0. The maximum Gasteiger partial charge on any atom is 0.345 e. The number of aromatic carboxylic acids is 1. The summed E-state index contributed by atoms with van der Waals surface area (Å²) in [5.41, 5.74) is 3.84. The first-order valence-electron chi connectivity index (χ1n) is 10.6. The molecule has 1 saturated carbocycles. The Kier molecular flexibility index (Phi) is 5.06. The van der Waals surface area contributed by atoms with Crippen LogP contribution in [0.25, 0.3) is 22.0 Å². The van der Waals surface area contributed by atoms with E-state index in [0.29, 0.717) is 16.6 Å². The maximum absolute atomic E-state index is 13.0. The molecule has 0 radical (unpaired) electrons. The number of carbonyl (C=O) groups is 1. The number of alkyl halides is 2. The highest BCUT2D eigenvalue weighted by Gasteiger charge is 2.29. The number of benzene rings is 2. The van der Waals surface area contributed by atoms with Crippen LogP contribution in [-0.2, 0) is 17.9 Å². The van der Waals surface area contributed by atoms with Gasteiger partial charge in [0.25, 0.3) is 0 Å². The molecule has 5 rings (SSSR count). The predicted molar refractivity (Wildman–Crippen MR) is 115 cm³/mol. The molecule has 0 unspecified atom stereocenters. The van der Waals surface area contributed by atoms with Gasteiger partial charge in [-0.15, -0.1) is 0 Å². The molecule has 0 amide bonds. The van der Waals surface area contributed by atoms with Gasteiger partial charge in [0.15, 0.2) is 0 Å². The highest BCUT2D eigenvalue weighted by atomic mass is 19.3. The van der Waals surface area contributed by atoms with Crippen LogP contribution in [0.4, 0.5) is 8.78 Å². The van der Waals surface area contributed by atoms with Crippen LogP contribution in [0.15, 0.2) is 41.3 Å². The first kappa shape index (κ1) is 20.8. The standard InChI is InChI=1S/C24H22F2N2O4/c1-12-16-5-2-13(8-14(16)9-27-12)17-6-7-18-21(20(17)11-32-24(25)26)28(15-3-4-15)10-19(22(18)29)23(30)31/h2,5-8,10,12,15,24,27H,3-4,9,11H2,1H3,(H,30,31)/t12-/m1/s1. The Labute approximate surface area is 182 Å². The minimum absolute atomic E-state index is 0.0295. The number of ether oxygens (including phenoxy) is 1. The molecule has 1 aliphatic heterocycles. The number of rotatable bonds is 6. The highest BCUT2D eigenvalue weighted by molar-refractivity contribution is 5.95. The zero-order valence-electron chi connectivity index (χ0n) is 17.4. The van der Waals surface area contributed by atoms with Crippen LogP contribution in [0.3, 0.4) is 0 Å². The molecular formula is C24H22F2N2O4. The minimum atomic E-state index is -2.97. The lowest BCUT2D eigenvalue weighted by molar-refractivity contribution is -0.136. The van der Waals surface area contributed by atoms with Gasteiger partial charge in [-0.1, -0.05) is 18.2 Å². The van der Waals surface area contributed by atoms with Crippen molar-refractivity contribution in [3.8, 4) is 11.1 Å². The van der Waals surface area contributed by atoms with Gasteiger partial charge in [-0.3, -0.25) is 4.79 Å². The number of carboxylic acid groups (broad SMARTS) is 1. The summed E-state index contributed by atoms with van der Waals surface area (Å²) in [6, 6.07) is 9.57. The summed E-state index contributed by atoms with van der Waals surface area (Å²) in [6.45, 7) is -0.565. The van der Waals surface area contributed by atoms with Crippen molar-refractivity contribution < 1.29 is 23.4 Å². The van der Waals surface area contributed by atoms with Crippen LogP contribution >= 0.6 is 0 Å². The fourth-order valence-corrected chi connectivity index (χ4v) is 4.60. The van der Waals surface area contributed by atoms with E-state index in [-0.39, 0.29) is 23.0 Å². The van der Waals surface area contributed by atoms with Crippen LogP contribution in [-0.4, -0.2) is 22.3 Å². The number of nitrogens with one attached hydrogen (secondary N) is 1. The molecule has 2 heterocycles. The van der Waals surface area contributed by atoms with Crippen LogP contribution in [0.5, 0.6) is 0 Å². The van der Waals surface area contributed by atoms with E-state index in [0.717, 1.165) is 30.5 Å². The molecule has 8 heteroatoms. The van der Waals surface area contributed by atoms with Crippen molar-refractivity contribution in [3.05, 3.63) is 69.0 Å². The summed E-state index contributed by atoms with van der Waals surface area (Å²) < 4.78 is 32.5. The quantitative estimate of drug-likeness (QED) is 0.585. The van der Waals surface area contributed by atoms with Gasteiger partial charge < -0.3 is 19.7 Å².